The van der Waals surface area contributed by atoms with Gasteiger partial charge in [-0.2, -0.15) is 0 Å². The molecule has 2 amide bonds. The maximum absolute atomic E-state index is 13.3. The number of rotatable bonds is 5. The summed E-state index contributed by atoms with van der Waals surface area (Å²) >= 11 is 0. The predicted octanol–water partition coefficient (Wildman–Crippen LogP) is 5.55. The summed E-state index contributed by atoms with van der Waals surface area (Å²) in [5.74, 6) is -0.272. The van der Waals surface area contributed by atoms with Gasteiger partial charge in [0.2, 0.25) is 0 Å². The van der Waals surface area contributed by atoms with Crippen molar-refractivity contribution in [3.05, 3.63) is 113 Å². The van der Waals surface area contributed by atoms with Crippen LogP contribution in [0.15, 0.2) is 91.0 Å². The van der Waals surface area contributed by atoms with Gasteiger partial charge in [-0.1, -0.05) is 48.5 Å². The van der Waals surface area contributed by atoms with E-state index in [-0.39, 0.29) is 5.78 Å². The van der Waals surface area contributed by atoms with Crippen molar-refractivity contribution < 1.29 is 19.1 Å². The smallest absolute Gasteiger partial charge is 0.265 e. The van der Waals surface area contributed by atoms with Crippen molar-refractivity contribution in [2.45, 2.75) is 0 Å². The number of anilines is 1. The average molecular weight is 433 g/mol. The van der Waals surface area contributed by atoms with Gasteiger partial charge in [0.25, 0.3) is 11.8 Å². The summed E-state index contributed by atoms with van der Waals surface area (Å²) in [6.45, 7) is 0. The van der Waals surface area contributed by atoms with E-state index in [0.717, 1.165) is 11.3 Å². The molecule has 0 radical (unpaired) electrons. The molecule has 0 fully saturated rings. The third-order valence-electron chi connectivity index (χ3n) is 5.73. The first-order valence-corrected chi connectivity index (χ1v) is 10.4. The highest BCUT2D eigenvalue weighted by molar-refractivity contribution is 6.37. The SMILES string of the molecule is COc1ccc(/C=C/C(=O)c2ccc3c4c(cccc24)C(=O)N(c2ccccc2)C3=O)cc1. The minimum atomic E-state index is -0.400. The lowest BCUT2D eigenvalue weighted by Crippen LogP contribution is -2.40. The van der Waals surface area contributed by atoms with E-state index in [1.165, 1.54) is 11.0 Å². The molecule has 0 saturated carbocycles. The van der Waals surface area contributed by atoms with Gasteiger partial charge in [0.15, 0.2) is 5.78 Å². The van der Waals surface area contributed by atoms with E-state index < -0.39 is 11.8 Å². The molecule has 0 N–H and O–H groups in total. The topological polar surface area (TPSA) is 63.7 Å². The van der Waals surface area contributed by atoms with Crippen molar-refractivity contribution in [2.24, 2.45) is 0 Å². The Morgan fingerprint density at radius 2 is 1.48 bits per heavy atom. The van der Waals surface area contributed by atoms with Crippen LogP contribution in [0.5, 0.6) is 5.75 Å². The maximum atomic E-state index is 13.3. The summed E-state index contributed by atoms with van der Waals surface area (Å²) in [5, 5.41) is 1.10. The Balaban J connectivity index is 1.55. The van der Waals surface area contributed by atoms with Crippen LogP contribution in [-0.2, 0) is 0 Å². The Labute approximate surface area is 190 Å². The standard InChI is InChI=1S/C28H19NO4/c1-33-20-13-10-18(11-14-20)12-17-25(30)21-15-16-24-26-22(21)8-5-9-23(26)27(31)29(28(24)32)19-6-3-2-4-7-19/h2-17H,1H3/b17-12+. The number of nitrogens with zero attached hydrogens (tertiary/aromatic N) is 1. The largest absolute Gasteiger partial charge is 0.497 e. The minimum absolute atomic E-state index is 0.208. The fourth-order valence-electron chi connectivity index (χ4n) is 4.10. The molecule has 33 heavy (non-hydrogen) atoms. The summed E-state index contributed by atoms with van der Waals surface area (Å²) in [5.41, 5.74) is 2.61. The fourth-order valence-corrected chi connectivity index (χ4v) is 4.10. The van der Waals surface area contributed by atoms with Crippen LogP contribution in [0.2, 0.25) is 0 Å². The van der Waals surface area contributed by atoms with Crippen molar-refractivity contribution in [3.8, 4) is 5.75 Å². The first-order valence-electron chi connectivity index (χ1n) is 10.4. The second kappa shape index (κ2) is 8.20. The number of imide groups is 1. The molecule has 5 rings (SSSR count). The molecular weight excluding hydrogens is 414 g/mol. The molecule has 5 heteroatoms. The molecule has 0 unspecified atom stereocenters. The van der Waals surface area contributed by atoms with Crippen molar-refractivity contribution >= 4 is 40.1 Å². The van der Waals surface area contributed by atoms with Gasteiger partial charge in [0.1, 0.15) is 5.75 Å². The monoisotopic (exact) mass is 433 g/mol. The number of benzene rings is 4. The number of ketones is 1. The lowest BCUT2D eigenvalue weighted by atomic mass is 9.89. The lowest BCUT2D eigenvalue weighted by Gasteiger charge is -2.27. The number of methoxy groups -OCH3 is 1. The quantitative estimate of drug-likeness (QED) is 0.235. The Morgan fingerprint density at radius 1 is 0.788 bits per heavy atom. The van der Waals surface area contributed by atoms with Gasteiger partial charge < -0.3 is 4.74 Å². The van der Waals surface area contributed by atoms with Crippen molar-refractivity contribution in [1.29, 1.82) is 0 Å². The van der Waals surface area contributed by atoms with Gasteiger partial charge in [-0.05, 0) is 59.5 Å². The Morgan fingerprint density at radius 3 is 2.18 bits per heavy atom. The highest BCUT2D eigenvalue weighted by atomic mass is 16.5. The van der Waals surface area contributed by atoms with Crippen LogP contribution < -0.4 is 9.64 Å². The molecule has 160 valence electrons. The van der Waals surface area contributed by atoms with Crippen LogP contribution in [0.1, 0.15) is 36.6 Å². The van der Waals surface area contributed by atoms with E-state index >= 15 is 0 Å². The Bertz CT molecular complexity index is 1410. The van der Waals surface area contributed by atoms with Crippen LogP contribution in [0, 0.1) is 0 Å². The fraction of sp³-hybridized carbons (Fsp3) is 0.0357. The second-order valence-electron chi connectivity index (χ2n) is 7.64. The van der Waals surface area contributed by atoms with Crippen LogP contribution in [0.25, 0.3) is 16.8 Å². The summed E-state index contributed by atoms with van der Waals surface area (Å²) < 4.78 is 5.15. The summed E-state index contributed by atoms with van der Waals surface area (Å²) in [6, 6.07) is 24.7. The van der Waals surface area contributed by atoms with Crippen LogP contribution in [-0.4, -0.2) is 24.7 Å². The highest BCUT2D eigenvalue weighted by Crippen LogP contribution is 2.34. The van der Waals surface area contributed by atoms with E-state index in [0.29, 0.717) is 33.2 Å². The van der Waals surface area contributed by atoms with Crippen molar-refractivity contribution in [1.82, 2.24) is 0 Å². The van der Waals surface area contributed by atoms with Gasteiger partial charge in [-0.25, -0.2) is 4.90 Å². The molecule has 1 heterocycles. The number of carbonyl (C=O) groups excluding carboxylic acids is 3. The van der Waals surface area contributed by atoms with Crippen molar-refractivity contribution in [2.75, 3.05) is 12.0 Å². The molecule has 5 nitrogen and oxygen atoms in total. The average Bonchev–Trinajstić information content (AvgIpc) is 2.86. The first-order chi connectivity index (χ1) is 16.1. The van der Waals surface area contributed by atoms with Gasteiger partial charge in [-0.15, -0.1) is 0 Å². The van der Waals surface area contributed by atoms with Crippen LogP contribution >= 0.6 is 0 Å². The Kier molecular flexibility index (Phi) is 5.07. The highest BCUT2D eigenvalue weighted by Gasteiger charge is 2.34. The molecule has 0 aromatic heterocycles. The van der Waals surface area contributed by atoms with Gasteiger partial charge in [-0.3, -0.25) is 14.4 Å². The third kappa shape index (κ3) is 3.49. The Hall–Kier alpha value is -4.51. The molecule has 0 spiro atoms. The molecular formula is C28H19NO4. The predicted molar refractivity (Wildman–Crippen MR) is 128 cm³/mol. The third-order valence-corrected chi connectivity index (χ3v) is 5.73. The van der Waals surface area contributed by atoms with E-state index in [1.54, 1.807) is 67.8 Å². The number of hydrogen-bond acceptors (Lipinski definition) is 4. The zero-order valence-corrected chi connectivity index (χ0v) is 17.8. The summed E-state index contributed by atoms with van der Waals surface area (Å²) in [4.78, 5) is 40.7. The molecule has 1 aliphatic rings. The number of para-hydroxylation sites is 1. The molecule has 0 aliphatic carbocycles. The van der Waals surface area contributed by atoms with Gasteiger partial charge in [0.05, 0.1) is 12.8 Å². The number of amides is 2. The number of hydrogen-bond donors (Lipinski definition) is 0. The lowest BCUT2D eigenvalue weighted by molar-refractivity contribution is 0.0892. The second-order valence-corrected chi connectivity index (χ2v) is 7.64. The minimum Gasteiger partial charge on any atom is -0.497 e. The van der Waals surface area contributed by atoms with Crippen LogP contribution in [0.3, 0.4) is 0 Å². The van der Waals surface area contributed by atoms with Crippen molar-refractivity contribution in [3.63, 3.8) is 0 Å². The maximum Gasteiger partial charge on any atom is 0.265 e. The van der Waals surface area contributed by atoms with E-state index in [9.17, 15) is 14.4 Å². The molecule has 0 saturated heterocycles. The number of ether oxygens (including phenoxy) is 1. The molecule has 0 bridgehead atoms. The first kappa shape index (κ1) is 20.4. The van der Waals surface area contributed by atoms with E-state index in [1.807, 2.05) is 30.3 Å². The van der Waals surface area contributed by atoms with E-state index in [4.69, 9.17) is 4.74 Å². The summed E-state index contributed by atoms with van der Waals surface area (Å²) in [6.07, 6.45) is 3.22. The van der Waals surface area contributed by atoms with Crippen LogP contribution in [0.4, 0.5) is 5.69 Å². The number of carbonyl (C=O) groups is 3. The molecule has 1 aliphatic heterocycles. The normalized spacial score (nSPS) is 13.1. The molecule has 4 aromatic rings. The zero-order valence-electron chi connectivity index (χ0n) is 17.8. The zero-order chi connectivity index (χ0) is 22.9. The van der Waals surface area contributed by atoms with E-state index in [2.05, 4.69) is 0 Å². The van der Waals surface area contributed by atoms with Gasteiger partial charge >= 0.3 is 0 Å². The van der Waals surface area contributed by atoms with Gasteiger partial charge in [0, 0.05) is 22.1 Å². The summed E-state index contributed by atoms with van der Waals surface area (Å²) in [7, 11) is 1.60. The molecule has 0 atom stereocenters. The number of allylic oxidation sites excluding steroid dienone is 1. The molecule has 4 aromatic carbocycles.